The van der Waals surface area contributed by atoms with Crippen LogP contribution in [0.3, 0.4) is 0 Å². The summed E-state index contributed by atoms with van der Waals surface area (Å²) in [6.45, 7) is 0. The molecule has 56 heavy (non-hydrogen) atoms. The summed E-state index contributed by atoms with van der Waals surface area (Å²) < 4.78 is 0. The van der Waals surface area contributed by atoms with Crippen molar-refractivity contribution >= 4 is 51.2 Å². The van der Waals surface area contributed by atoms with Crippen molar-refractivity contribution in [2.45, 2.75) is 0 Å². The third kappa shape index (κ3) is 5.49. The predicted molar refractivity (Wildman–Crippen MR) is 236 cm³/mol. The smallest absolute Gasteiger partial charge is 0.0540 e. The number of para-hydroxylation sites is 2. The first-order valence-corrected chi connectivity index (χ1v) is 19.5. The van der Waals surface area contributed by atoms with Crippen LogP contribution < -0.4 is 10.2 Å². The van der Waals surface area contributed by atoms with Crippen LogP contribution in [0.2, 0.25) is 0 Å². The van der Waals surface area contributed by atoms with Crippen molar-refractivity contribution < 1.29 is 0 Å². The van der Waals surface area contributed by atoms with Crippen molar-refractivity contribution in [3.63, 3.8) is 0 Å². The Morgan fingerprint density at radius 2 is 1.09 bits per heavy atom. The molecule has 3 aliphatic carbocycles. The van der Waals surface area contributed by atoms with Gasteiger partial charge in [-0.1, -0.05) is 158 Å². The van der Waals surface area contributed by atoms with Gasteiger partial charge in [-0.3, -0.25) is 0 Å². The molecular weight excluding hydrogens is 677 g/mol. The lowest BCUT2D eigenvalue weighted by molar-refractivity contribution is 0.659. The van der Waals surface area contributed by atoms with Crippen LogP contribution in [0.5, 0.6) is 0 Å². The molecule has 2 heterocycles. The number of rotatable bonds is 2. The molecule has 2 aliphatic heterocycles. The Morgan fingerprint density at radius 1 is 0.446 bits per heavy atom. The van der Waals surface area contributed by atoms with Gasteiger partial charge >= 0.3 is 0 Å². The summed E-state index contributed by atoms with van der Waals surface area (Å²) in [5, 5.41) is 3.85. The molecule has 7 aromatic rings. The highest BCUT2D eigenvalue weighted by Crippen LogP contribution is 2.52. The Morgan fingerprint density at radius 3 is 1.93 bits per heavy atom. The zero-order chi connectivity index (χ0) is 37.0. The molecular formula is C54H38N2. The summed E-state index contributed by atoms with van der Waals surface area (Å²) in [4.78, 5) is 2.39. The minimum absolute atomic E-state index is 0.234. The second-order valence-electron chi connectivity index (χ2n) is 15.0. The van der Waals surface area contributed by atoms with E-state index in [0.717, 1.165) is 28.4 Å². The Hall–Kier alpha value is -7.16. The fourth-order valence-electron chi connectivity index (χ4n) is 9.06. The van der Waals surface area contributed by atoms with E-state index in [4.69, 9.17) is 0 Å². The molecule has 2 unspecified atom stereocenters. The summed E-state index contributed by atoms with van der Waals surface area (Å²) in [6, 6.07) is 63.9. The van der Waals surface area contributed by atoms with E-state index in [0.29, 0.717) is 0 Å². The van der Waals surface area contributed by atoms with Crippen LogP contribution in [0.15, 0.2) is 212 Å². The highest BCUT2D eigenvalue weighted by Gasteiger charge is 2.35. The summed E-state index contributed by atoms with van der Waals surface area (Å²) in [6.07, 6.45) is 14.4. The molecule has 0 amide bonds. The Labute approximate surface area is 328 Å². The number of nitrogens with zero attached hydrogens (tertiary/aromatic N) is 1. The molecule has 264 valence electrons. The SMILES string of the molecule is C1=CC2C3=CC(=C4c5ccccc5C=CC42)c2ccccc2Nc2ccc(cc2)N(c2ccc(-c4ccccc4)cc2)c2ccccc2-c2cccc(c2)C1=C3. The number of benzene rings is 7. The van der Waals surface area contributed by atoms with Gasteiger partial charge in [0.05, 0.1) is 5.69 Å². The van der Waals surface area contributed by atoms with E-state index in [1.54, 1.807) is 0 Å². The van der Waals surface area contributed by atoms with Crippen molar-refractivity contribution in [2.75, 3.05) is 10.2 Å². The molecule has 0 spiro atoms. The molecule has 2 atom stereocenters. The largest absolute Gasteiger partial charge is 0.355 e. The van der Waals surface area contributed by atoms with Crippen LogP contribution in [0.25, 0.3) is 45.0 Å². The number of hydrogen-bond donors (Lipinski definition) is 1. The van der Waals surface area contributed by atoms with Crippen molar-refractivity contribution in [1.82, 2.24) is 0 Å². The normalized spacial score (nSPS) is 17.4. The van der Waals surface area contributed by atoms with E-state index < -0.39 is 0 Å². The average Bonchev–Trinajstić information content (AvgIpc) is 3.27. The lowest BCUT2D eigenvalue weighted by Gasteiger charge is -2.37. The van der Waals surface area contributed by atoms with Gasteiger partial charge in [0.25, 0.3) is 0 Å². The third-order valence-corrected chi connectivity index (χ3v) is 11.8. The summed E-state index contributed by atoms with van der Waals surface area (Å²) in [5.41, 5.74) is 20.4. The zero-order valence-corrected chi connectivity index (χ0v) is 30.8. The van der Waals surface area contributed by atoms with Gasteiger partial charge in [0.15, 0.2) is 0 Å². The summed E-state index contributed by atoms with van der Waals surface area (Å²) in [7, 11) is 0. The van der Waals surface area contributed by atoms with E-state index in [9.17, 15) is 0 Å². The monoisotopic (exact) mass is 714 g/mol. The fraction of sp³-hybridized carbons (Fsp3) is 0.0370. The quantitative estimate of drug-likeness (QED) is 0.192. The standard InChI is InChI=1S/C54H38N2/c1-2-11-36(12-3-1)37-21-27-44(28-22-37)56-45-29-25-43(26-30-45)55-52-19-8-6-18-49(52)51-35-42-34-40(39-14-10-15-41(33-39)47-16-7-9-20-53(47)56)24-31-46(42)50-32-23-38-13-4-5-17-48(38)54(50)51/h1-35,46,50,55H. The first-order chi connectivity index (χ1) is 27.7. The maximum Gasteiger partial charge on any atom is 0.0540 e. The van der Waals surface area contributed by atoms with Crippen LogP contribution in [-0.4, -0.2) is 0 Å². The highest BCUT2D eigenvalue weighted by atomic mass is 15.1. The number of nitrogens with one attached hydrogen (secondary N) is 1. The molecule has 7 bridgehead atoms. The van der Waals surface area contributed by atoms with Crippen molar-refractivity contribution in [3.8, 4) is 22.3 Å². The molecule has 0 saturated carbocycles. The van der Waals surface area contributed by atoms with Crippen molar-refractivity contribution in [2.24, 2.45) is 11.8 Å². The van der Waals surface area contributed by atoms with Gasteiger partial charge in [0.1, 0.15) is 0 Å². The molecule has 5 aliphatic rings. The number of fused-ring (bicyclic) bond motifs is 6. The maximum atomic E-state index is 3.85. The summed E-state index contributed by atoms with van der Waals surface area (Å²) in [5.74, 6) is 0.490. The molecule has 0 radical (unpaired) electrons. The average molecular weight is 715 g/mol. The number of anilines is 5. The fourth-order valence-corrected chi connectivity index (χ4v) is 9.06. The molecule has 0 saturated heterocycles. The number of allylic oxidation sites excluding steroid dienone is 9. The lowest BCUT2D eigenvalue weighted by atomic mass is 9.66. The molecule has 12 rings (SSSR count). The van der Waals surface area contributed by atoms with E-state index in [1.165, 1.54) is 66.8 Å². The Bertz CT molecular complexity index is 2810. The molecule has 2 nitrogen and oxygen atoms in total. The second kappa shape index (κ2) is 13.3. The first-order valence-electron chi connectivity index (χ1n) is 19.5. The highest BCUT2D eigenvalue weighted by molar-refractivity contribution is 6.05. The van der Waals surface area contributed by atoms with Gasteiger partial charge in [-0.2, -0.15) is 0 Å². The minimum Gasteiger partial charge on any atom is -0.355 e. The topological polar surface area (TPSA) is 15.3 Å². The zero-order valence-electron chi connectivity index (χ0n) is 30.8. The van der Waals surface area contributed by atoms with E-state index in [2.05, 4.69) is 223 Å². The Balaban J connectivity index is 1.13. The molecule has 2 heteroatoms. The van der Waals surface area contributed by atoms with Crippen molar-refractivity contribution in [1.29, 1.82) is 0 Å². The van der Waals surface area contributed by atoms with Crippen LogP contribution in [0.4, 0.5) is 28.4 Å². The minimum atomic E-state index is 0.234. The third-order valence-electron chi connectivity index (χ3n) is 11.8. The van der Waals surface area contributed by atoms with Crippen LogP contribution in [0, 0.1) is 11.8 Å². The second-order valence-corrected chi connectivity index (χ2v) is 15.0. The van der Waals surface area contributed by atoms with Gasteiger partial charge in [-0.25, -0.2) is 0 Å². The molecule has 0 aromatic heterocycles. The van der Waals surface area contributed by atoms with E-state index in [1.807, 2.05) is 0 Å². The summed E-state index contributed by atoms with van der Waals surface area (Å²) >= 11 is 0. The number of hydrogen-bond acceptors (Lipinski definition) is 2. The molecule has 1 N–H and O–H groups in total. The van der Waals surface area contributed by atoms with E-state index in [-0.39, 0.29) is 11.8 Å². The van der Waals surface area contributed by atoms with Crippen LogP contribution in [0.1, 0.15) is 22.3 Å². The maximum absolute atomic E-state index is 3.85. The predicted octanol–water partition coefficient (Wildman–Crippen LogP) is 14.3. The van der Waals surface area contributed by atoms with Gasteiger partial charge in [-0.15, -0.1) is 0 Å². The van der Waals surface area contributed by atoms with Gasteiger partial charge in [-0.05, 0) is 110 Å². The van der Waals surface area contributed by atoms with Crippen LogP contribution >= 0.6 is 0 Å². The van der Waals surface area contributed by atoms with Crippen molar-refractivity contribution in [3.05, 3.63) is 234 Å². The lowest BCUT2D eigenvalue weighted by Crippen LogP contribution is -2.23. The van der Waals surface area contributed by atoms with Crippen LogP contribution in [-0.2, 0) is 0 Å². The van der Waals surface area contributed by atoms with Gasteiger partial charge in [0, 0.05) is 45.7 Å². The molecule has 0 fully saturated rings. The van der Waals surface area contributed by atoms with Gasteiger partial charge in [0.2, 0.25) is 0 Å². The van der Waals surface area contributed by atoms with E-state index >= 15 is 0 Å². The first kappa shape index (κ1) is 32.3. The Kier molecular flexibility index (Phi) is 7.67. The van der Waals surface area contributed by atoms with Gasteiger partial charge < -0.3 is 10.2 Å². The molecule has 7 aromatic carbocycles.